The second-order valence-corrected chi connectivity index (χ2v) is 6.97. The van der Waals surface area contributed by atoms with E-state index in [0.717, 1.165) is 18.5 Å². The summed E-state index contributed by atoms with van der Waals surface area (Å²) in [5.41, 5.74) is 4.78. The van der Waals surface area contributed by atoms with Crippen LogP contribution in [0.2, 0.25) is 0 Å². The second-order valence-electron chi connectivity index (χ2n) is 6.97. The monoisotopic (exact) mass is 336 g/mol. The van der Waals surface area contributed by atoms with Crippen LogP contribution in [0.1, 0.15) is 37.0 Å². The van der Waals surface area contributed by atoms with Gasteiger partial charge in [-0.3, -0.25) is 0 Å². The van der Waals surface area contributed by atoms with Crippen LogP contribution >= 0.6 is 0 Å². The van der Waals surface area contributed by atoms with Gasteiger partial charge in [0.05, 0.1) is 6.61 Å². The number of nitrogens with zero attached hydrogens (tertiary/aromatic N) is 1. The molecule has 0 atom stereocenters. The van der Waals surface area contributed by atoms with Crippen LogP contribution in [0.4, 0.5) is 10.5 Å². The lowest BCUT2D eigenvalue weighted by atomic mass is 9.77. The molecule has 0 aliphatic carbocycles. The molecule has 2 aromatic rings. The highest BCUT2D eigenvalue weighted by Crippen LogP contribution is 2.37. The first-order chi connectivity index (χ1) is 12.0. The van der Waals surface area contributed by atoms with Crippen molar-refractivity contribution in [2.75, 3.05) is 18.5 Å². The van der Waals surface area contributed by atoms with Gasteiger partial charge in [-0.25, -0.2) is 4.79 Å². The highest BCUT2D eigenvalue weighted by Gasteiger charge is 2.27. The SMILES string of the molecule is CC1(C)CCNc2ccc(CCOC(=O)N=Cc3ccccc3)cc21. The van der Waals surface area contributed by atoms with Crippen molar-refractivity contribution in [3.63, 3.8) is 0 Å². The third-order valence-electron chi connectivity index (χ3n) is 4.61. The van der Waals surface area contributed by atoms with E-state index in [-0.39, 0.29) is 5.41 Å². The molecule has 0 radical (unpaired) electrons. The Bertz CT molecular complexity index is 767. The highest BCUT2D eigenvalue weighted by atomic mass is 16.5. The molecule has 0 unspecified atom stereocenters. The molecule has 1 aliphatic heterocycles. The summed E-state index contributed by atoms with van der Waals surface area (Å²) in [5, 5.41) is 3.45. The first-order valence-corrected chi connectivity index (χ1v) is 8.68. The number of hydrogen-bond donors (Lipinski definition) is 1. The number of benzene rings is 2. The van der Waals surface area contributed by atoms with Gasteiger partial charge in [0.2, 0.25) is 0 Å². The van der Waals surface area contributed by atoms with Crippen LogP contribution in [0.5, 0.6) is 0 Å². The maximum atomic E-state index is 11.7. The lowest BCUT2D eigenvalue weighted by molar-refractivity contribution is 0.159. The highest BCUT2D eigenvalue weighted by molar-refractivity contribution is 5.88. The smallest absolute Gasteiger partial charge is 0.433 e. The number of anilines is 1. The van der Waals surface area contributed by atoms with E-state index in [1.807, 2.05) is 30.3 Å². The standard InChI is InChI=1S/C21H24N2O2/c1-21(2)11-12-22-19-9-8-16(14-18(19)21)10-13-25-20(24)23-15-17-6-4-3-5-7-17/h3-9,14-15,22H,10-13H2,1-2H3. The molecule has 4 nitrogen and oxygen atoms in total. The summed E-state index contributed by atoms with van der Waals surface area (Å²) in [6.07, 6.45) is 2.78. The minimum atomic E-state index is -0.552. The number of amides is 1. The van der Waals surface area contributed by atoms with E-state index in [1.54, 1.807) is 0 Å². The molecular formula is C21H24N2O2. The zero-order valence-electron chi connectivity index (χ0n) is 14.8. The summed E-state index contributed by atoms with van der Waals surface area (Å²) in [5.74, 6) is 0. The average Bonchev–Trinajstić information content (AvgIpc) is 2.61. The molecule has 4 heteroatoms. The summed E-state index contributed by atoms with van der Waals surface area (Å²) in [6.45, 7) is 5.89. The number of nitrogens with one attached hydrogen (secondary N) is 1. The molecule has 3 rings (SSSR count). The van der Waals surface area contributed by atoms with Crippen molar-refractivity contribution >= 4 is 18.0 Å². The minimum Gasteiger partial charge on any atom is -0.448 e. The van der Waals surface area contributed by atoms with E-state index >= 15 is 0 Å². The van der Waals surface area contributed by atoms with Gasteiger partial charge in [0.25, 0.3) is 0 Å². The van der Waals surface area contributed by atoms with Gasteiger partial charge in [0.1, 0.15) is 0 Å². The molecule has 0 aromatic heterocycles. The van der Waals surface area contributed by atoms with Crippen LogP contribution in [0, 0.1) is 0 Å². The number of fused-ring (bicyclic) bond motifs is 1. The molecule has 2 aromatic carbocycles. The first kappa shape index (κ1) is 17.2. The molecule has 0 saturated carbocycles. The normalized spacial score (nSPS) is 15.4. The topological polar surface area (TPSA) is 50.7 Å². The van der Waals surface area contributed by atoms with Gasteiger partial charge in [0, 0.05) is 24.9 Å². The van der Waals surface area contributed by atoms with Crippen molar-refractivity contribution in [1.82, 2.24) is 0 Å². The van der Waals surface area contributed by atoms with Gasteiger partial charge < -0.3 is 10.1 Å². The van der Waals surface area contributed by atoms with E-state index in [2.05, 4.69) is 42.4 Å². The van der Waals surface area contributed by atoms with E-state index in [0.29, 0.717) is 13.0 Å². The van der Waals surface area contributed by atoms with E-state index in [1.165, 1.54) is 23.0 Å². The summed E-state index contributed by atoms with van der Waals surface area (Å²) < 4.78 is 5.21. The number of aliphatic imine (C=N–C) groups is 1. The summed E-state index contributed by atoms with van der Waals surface area (Å²) in [6, 6.07) is 15.9. The predicted octanol–water partition coefficient (Wildman–Crippen LogP) is 4.58. The van der Waals surface area contributed by atoms with E-state index < -0.39 is 6.09 Å². The third kappa shape index (κ3) is 4.47. The number of ether oxygens (including phenoxy) is 1. The zero-order valence-corrected chi connectivity index (χ0v) is 14.8. The van der Waals surface area contributed by atoms with Crippen LogP contribution in [-0.4, -0.2) is 25.5 Å². The van der Waals surface area contributed by atoms with Crippen molar-refractivity contribution in [1.29, 1.82) is 0 Å². The quantitative estimate of drug-likeness (QED) is 0.832. The molecule has 1 aliphatic rings. The number of carbonyl (C=O) groups excluding carboxylic acids is 1. The molecule has 0 fully saturated rings. The van der Waals surface area contributed by atoms with E-state index in [9.17, 15) is 4.79 Å². The lowest BCUT2D eigenvalue weighted by Gasteiger charge is -2.33. The number of rotatable bonds is 4. The summed E-state index contributed by atoms with van der Waals surface area (Å²) >= 11 is 0. The van der Waals surface area contributed by atoms with Gasteiger partial charge in [-0.2, -0.15) is 4.99 Å². The van der Waals surface area contributed by atoms with Crippen molar-refractivity contribution in [3.05, 3.63) is 65.2 Å². The van der Waals surface area contributed by atoms with Gasteiger partial charge in [-0.1, -0.05) is 56.3 Å². The van der Waals surface area contributed by atoms with Crippen molar-refractivity contribution in [3.8, 4) is 0 Å². The Morgan fingerprint density at radius 2 is 2.04 bits per heavy atom. The molecule has 130 valence electrons. The predicted molar refractivity (Wildman–Crippen MR) is 102 cm³/mol. The van der Waals surface area contributed by atoms with Gasteiger partial charge in [-0.15, -0.1) is 0 Å². The Hall–Kier alpha value is -2.62. The first-order valence-electron chi connectivity index (χ1n) is 8.68. The van der Waals surface area contributed by atoms with Crippen molar-refractivity contribution in [2.45, 2.75) is 32.1 Å². The van der Waals surface area contributed by atoms with Gasteiger partial charge in [0.15, 0.2) is 0 Å². The van der Waals surface area contributed by atoms with Gasteiger partial charge in [-0.05, 0) is 34.6 Å². The van der Waals surface area contributed by atoms with Crippen molar-refractivity contribution < 1.29 is 9.53 Å². The van der Waals surface area contributed by atoms with Crippen LogP contribution in [-0.2, 0) is 16.6 Å². The van der Waals surface area contributed by atoms with Crippen LogP contribution in [0.25, 0.3) is 0 Å². The molecule has 1 heterocycles. The Morgan fingerprint density at radius 3 is 2.84 bits per heavy atom. The van der Waals surface area contributed by atoms with Crippen molar-refractivity contribution in [2.24, 2.45) is 4.99 Å². The third-order valence-corrected chi connectivity index (χ3v) is 4.61. The molecule has 1 N–H and O–H groups in total. The molecule has 25 heavy (non-hydrogen) atoms. The molecule has 0 spiro atoms. The molecule has 1 amide bonds. The Kier molecular flexibility index (Phi) is 5.17. The zero-order chi connectivity index (χ0) is 17.7. The van der Waals surface area contributed by atoms with Crippen LogP contribution in [0.15, 0.2) is 53.5 Å². The molecule has 0 bridgehead atoms. The largest absolute Gasteiger partial charge is 0.448 e. The fraction of sp³-hybridized carbons (Fsp3) is 0.333. The van der Waals surface area contributed by atoms with E-state index in [4.69, 9.17) is 4.74 Å². The molecule has 0 saturated heterocycles. The Morgan fingerprint density at radius 1 is 1.24 bits per heavy atom. The lowest BCUT2D eigenvalue weighted by Crippen LogP contribution is -2.28. The second kappa shape index (κ2) is 7.51. The maximum absolute atomic E-state index is 11.7. The van der Waals surface area contributed by atoms with Crippen LogP contribution in [0.3, 0.4) is 0 Å². The maximum Gasteiger partial charge on any atom is 0.433 e. The minimum absolute atomic E-state index is 0.174. The van der Waals surface area contributed by atoms with Crippen LogP contribution < -0.4 is 5.32 Å². The summed E-state index contributed by atoms with van der Waals surface area (Å²) in [7, 11) is 0. The fourth-order valence-corrected chi connectivity index (χ4v) is 3.07. The fourth-order valence-electron chi connectivity index (χ4n) is 3.07. The summed E-state index contributed by atoms with van der Waals surface area (Å²) in [4.78, 5) is 15.5. The molecular weight excluding hydrogens is 312 g/mol. The Balaban J connectivity index is 1.54. The number of carbonyl (C=O) groups is 1. The van der Waals surface area contributed by atoms with Gasteiger partial charge >= 0.3 is 6.09 Å². The average molecular weight is 336 g/mol. The Labute approximate surface area is 148 Å². The number of hydrogen-bond acceptors (Lipinski definition) is 3.